The number of halogens is 2. The lowest BCUT2D eigenvalue weighted by Crippen LogP contribution is -2.39. The van der Waals surface area contributed by atoms with Crippen LogP contribution in [0.1, 0.15) is 32.3 Å². The molecule has 198 valence electrons. The number of ether oxygens (including phenoxy) is 3. The molecule has 0 saturated heterocycles. The standard InChI is InChI=1S/C26H34F2N2O6/c1-3-14-34-15-5-12-30(26(33)29-23-11-8-20(27)18-22(23)28)13-16-36-21-9-6-19(7-10-21)17-24(25(31)32)35-4-2/h6-11,18,24H,3-5,12-17H2,1-2H3,(H,29,33)(H,31,32). The van der Waals surface area contributed by atoms with E-state index in [9.17, 15) is 23.5 Å². The summed E-state index contributed by atoms with van der Waals surface area (Å²) in [4.78, 5) is 25.5. The molecule has 10 heteroatoms. The van der Waals surface area contributed by atoms with Gasteiger partial charge in [0.15, 0.2) is 6.10 Å². The van der Waals surface area contributed by atoms with Crippen molar-refractivity contribution in [1.29, 1.82) is 0 Å². The van der Waals surface area contributed by atoms with E-state index in [1.54, 1.807) is 31.2 Å². The molecule has 2 amide bonds. The Morgan fingerprint density at radius 2 is 1.78 bits per heavy atom. The average molecular weight is 509 g/mol. The highest BCUT2D eigenvalue weighted by atomic mass is 19.1. The molecule has 0 fully saturated rings. The number of aliphatic carboxylic acids is 1. The van der Waals surface area contributed by atoms with Gasteiger partial charge in [-0.05, 0) is 49.6 Å². The summed E-state index contributed by atoms with van der Waals surface area (Å²) >= 11 is 0. The first-order valence-electron chi connectivity index (χ1n) is 12.0. The number of carboxylic acids is 1. The molecule has 0 saturated carbocycles. The molecule has 2 N–H and O–H groups in total. The zero-order valence-electron chi connectivity index (χ0n) is 20.7. The molecule has 0 spiro atoms. The van der Waals surface area contributed by atoms with Gasteiger partial charge in [0, 0.05) is 38.9 Å². The Bertz CT molecular complexity index is 958. The third kappa shape index (κ3) is 10.2. The second-order valence-corrected chi connectivity index (χ2v) is 7.99. The maximum atomic E-state index is 14.0. The summed E-state index contributed by atoms with van der Waals surface area (Å²) < 4.78 is 43.6. The number of hydrogen-bond acceptors (Lipinski definition) is 5. The molecule has 1 atom stereocenters. The van der Waals surface area contributed by atoms with Crippen molar-refractivity contribution in [1.82, 2.24) is 4.90 Å². The Hall–Kier alpha value is -3.24. The highest BCUT2D eigenvalue weighted by molar-refractivity contribution is 5.89. The van der Waals surface area contributed by atoms with Crippen LogP contribution in [0.4, 0.5) is 19.3 Å². The van der Waals surface area contributed by atoms with Crippen LogP contribution in [0.15, 0.2) is 42.5 Å². The predicted octanol–water partition coefficient (Wildman–Crippen LogP) is 4.73. The van der Waals surface area contributed by atoms with Gasteiger partial charge in [-0.2, -0.15) is 0 Å². The van der Waals surface area contributed by atoms with Crippen molar-refractivity contribution in [2.24, 2.45) is 0 Å². The highest BCUT2D eigenvalue weighted by Crippen LogP contribution is 2.17. The van der Waals surface area contributed by atoms with Gasteiger partial charge < -0.3 is 29.5 Å². The van der Waals surface area contributed by atoms with Gasteiger partial charge in [0.2, 0.25) is 0 Å². The summed E-state index contributed by atoms with van der Waals surface area (Å²) in [5.41, 5.74) is 0.675. The molecule has 0 radical (unpaired) electrons. The van der Waals surface area contributed by atoms with E-state index in [2.05, 4.69) is 5.32 Å². The molecule has 2 aromatic carbocycles. The second-order valence-electron chi connectivity index (χ2n) is 7.99. The molecular weight excluding hydrogens is 474 g/mol. The average Bonchev–Trinajstić information content (AvgIpc) is 2.85. The normalized spacial score (nSPS) is 11.7. The Balaban J connectivity index is 1.93. The number of hydrogen-bond donors (Lipinski definition) is 2. The number of carbonyl (C=O) groups excluding carboxylic acids is 1. The van der Waals surface area contributed by atoms with Crippen molar-refractivity contribution in [3.8, 4) is 5.75 Å². The Morgan fingerprint density at radius 3 is 2.42 bits per heavy atom. The molecular formula is C26H34F2N2O6. The van der Waals surface area contributed by atoms with Gasteiger partial charge in [0.1, 0.15) is 24.0 Å². The van der Waals surface area contributed by atoms with Crippen LogP contribution in [0.25, 0.3) is 0 Å². The lowest BCUT2D eigenvalue weighted by atomic mass is 10.1. The molecule has 1 unspecified atom stereocenters. The first kappa shape index (κ1) is 29.0. The maximum Gasteiger partial charge on any atom is 0.333 e. The quantitative estimate of drug-likeness (QED) is 0.318. The minimum Gasteiger partial charge on any atom is -0.492 e. The van der Waals surface area contributed by atoms with E-state index in [-0.39, 0.29) is 25.3 Å². The second kappa shape index (κ2) is 15.7. The van der Waals surface area contributed by atoms with E-state index in [0.29, 0.717) is 44.6 Å². The van der Waals surface area contributed by atoms with Gasteiger partial charge in [-0.1, -0.05) is 19.1 Å². The SMILES string of the molecule is CCCOCCCN(CCOc1ccc(CC(OCC)C(=O)O)cc1)C(=O)Nc1ccc(F)cc1F. The van der Waals surface area contributed by atoms with Gasteiger partial charge in [-0.3, -0.25) is 0 Å². The fraction of sp³-hybridized carbons (Fsp3) is 0.462. The third-order valence-corrected chi connectivity index (χ3v) is 5.14. The van der Waals surface area contributed by atoms with E-state index in [1.807, 2.05) is 6.92 Å². The van der Waals surface area contributed by atoms with Crippen LogP contribution >= 0.6 is 0 Å². The molecule has 0 aromatic heterocycles. The van der Waals surface area contributed by atoms with E-state index in [4.69, 9.17) is 14.2 Å². The summed E-state index contributed by atoms with van der Waals surface area (Å²) in [6.45, 7) is 5.90. The fourth-order valence-electron chi connectivity index (χ4n) is 3.33. The van der Waals surface area contributed by atoms with Gasteiger partial charge in [0.25, 0.3) is 0 Å². The Kier molecular flexibility index (Phi) is 12.6. The Labute approximate surface area is 210 Å². The smallest absolute Gasteiger partial charge is 0.333 e. The van der Waals surface area contributed by atoms with Gasteiger partial charge in [0.05, 0.1) is 12.2 Å². The molecule has 0 aliphatic heterocycles. The maximum absolute atomic E-state index is 14.0. The molecule has 2 aromatic rings. The molecule has 0 bridgehead atoms. The van der Waals surface area contributed by atoms with Crippen LogP contribution in [0.2, 0.25) is 0 Å². The van der Waals surface area contributed by atoms with Crippen LogP contribution in [-0.2, 0) is 20.7 Å². The first-order valence-corrected chi connectivity index (χ1v) is 12.0. The number of urea groups is 1. The first-order chi connectivity index (χ1) is 17.3. The molecule has 0 aliphatic rings. The fourth-order valence-corrected chi connectivity index (χ4v) is 3.33. The molecule has 36 heavy (non-hydrogen) atoms. The van der Waals surface area contributed by atoms with E-state index in [0.717, 1.165) is 18.1 Å². The van der Waals surface area contributed by atoms with Gasteiger partial charge in [-0.25, -0.2) is 18.4 Å². The summed E-state index contributed by atoms with van der Waals surface area (Å²) in [5, 5.41) is 11.7. The number of anilines is 1. The van der Waals surface area contributed by atoms with E-state index >= 15 is 0 Å². The van der Waals surface area contributed by atoms with Crippen molar-refractivity contribution in [2.45, 2.75) is 39.2 Å². The molecule has 0 heterocycles. The molecule has 0 aliphatic carbocycles. The van der Waals surface area contributed by atoms with E-state index < -0.39 is 29.7 Å². The third-order valence-electron chi connectivity index (χ3n) is 5.14. The molecule has 2 rings (SSSR count). The summed E-state index contributed by atoms with van der Waals surface area (Å²) in [6, 6.07) is 9.37. The number of amides is 2. The van der Waals surface area contributed by atoms with Crippen LogP contribution in [0.5, 0.6) is 5.75 Å². The number of carboxylic acid groups (broad SMARTS) is 1. The predicted molar refractivity (Wildman–Crippen MR) is 131 cm³/mol. The highest BCUT2D eigenvalue weighted by Gasteiger charge is 2.18. The zero-order valence-corrected chi connectivity index (χ0v) is 20.7. The van der Waals surface area contributed by atoms with E-state index in [1.165, 1.54) is 11.0 Å². The number of rotatable bonds is 16. The van der Waals surface area contributed by atoms with Crippen LogP contribution < -0.4 is 10.1 Å². The lowest BCUT2D eigenvalue weighted by Gasteiger charge is -2.23. The van der Waals surface area contributed by atoms with Gasteiger partial charge >= 0.3 is 12.0 Å². The summed E-state index contributed by atoms with van der Waals surface area (Å²) in [7, 11) is 0. The van der Waals surface area contributed by atoms with Crippen LogP contribution in [-0.4, -0.2) is 67.6 Å². The Morgan fingerprint density at radius 1 is 1.03 bits per heavy atom. The topological polar surface area (TPSA) is 97.3 Å². The number of carbonyl (C=O) groups is 2. The van der Waals surface area contributed by atoms with Crippen LogP contribution in [0, 0.1) is 11.6 Å². The zero-order chi connectivity index (χ0) is 26.3. The number of benzene rings is 2. The lowest BCUT2D eigenvalue weighted by molar-refractivity contribution is -0.149. The summed E-state index contributed by atoms with van der Waals surface area (Å²) in [5.74, 6) is -2.05. The minimum atomic E-state index is -1.02. The van der Waals surface area contributed by atoms with Crippen molar-refractivity contribution >= 4 is 17.7 Å². The van der Waals surface area contributed by atoms with Crippen molar-refractivity contribution in [2.75, 3.05) is 44.8 Å². The molecule has 8 nitrogen and oxygen atoms in total. The minimum absolute atomic E-state index is 0.114. The summed E-state index contributed by atoms with van der Waals surface area (Å²) in [6.07, 6.45) is 0.792. The van der Waals surface area contributed by atoms with Crippen molar-refractivity contribution in [3.05, 3.63) is 59.7 Å². The monoisotopic (exact) mass is 508 g/mol. The number of nitrogens with one attached hydrogen (secondary N) is 1. The number of nitrogens with zero attached hydrogens (tertiary/aromatic N) is 1. The largest absolute Gasteiger partial charge is 0.492 e. The van der Waals surface area contributed by atoms with Crippen molar-refractivity contribution in [3.63, 3.8) is 0 Å². The van der Waals surface area contributed by atoms with Gasteiger partial charge in [-0.15, -0.1) is 0 Å². The van der Waals surface area contributed by atoms with Crippen molar-refractivity contribution < 1.29 is 37.7 Å². The van der Waals surface area contributed by atoms with Crippen LogP contribution in [0.3, 0.4) is 0 Å².